The Morgan fingerprint density at radius 2 is 1.80 bits per heavy atom. The van der Waals surface area contributed by atoms with Crippen LogP contribution in [0.1, 0.15) is 49.5 Å². The van der Waals surface area contributed by atoms with Gasteiger partial charge in [-0.05, 0) is 91.3 Å². The van der Waals surface area contributed by atoms with Gasteiger partial charge in [0.1, 0.15) is 17.4 Å². The van der Waals surface area contributed by atoms with Crippen molar-refractivity contribution in [1.29, 1.82) is 0 Å². The summed E-state index contributed by atoms with van der Waals surface area (Å²) in [5, 5.41) is 14.1. The average molecular weight is 690 g/mol. The van der Waals surface area contributed by atoms with Crippen LogP contribution in [0.5, 0.6) is 5.75 Å². The lowest BCUT2D eigenvalue weighted by Gasteiger charge is -2.30. The van der Waals surface area contributed by atoms with Crippen molar-refractivity contribution in [2.75, 3.05) is 26.3 Å². The molecule has 0 unspecified atom stereocenters. The van der Waals surface area contributed by atoms with Crippen LogP contribution >= 0.6 is 0 Å². The molecule has 1 saturated carbocycles. The molecule has 4 aromatic heterocycles. The Morgan fingerprint density at radius 1 is 0.922 bits per heavy atom. The van der Waals surface area contributed by atoms with E-state index in [1.807, 2.05) is 54.9 Å². The number of nitrogens with one attached hydrogen (secondary N) is 1. The standard InChI is InChI=1S/C39H40FN7O4/c40-28-21-35-37(43-22-28)46(31-7-3-5-26(19-31)34-13-12-33(48)20-27(34)25-44-14-4-17-51-18-16-44)39(50)47(38(35)49)30-10-8-29(9-11-30)41-24-36-42-23-32-6-1-2-15-45(32)36/h1-3,5-7,12-13,15,19-23,29-30,41,48H,4,8-11,14,16-18,24-25H2. The summed E-state index contributed by atoms with van der Waals surface area (Å²) in [4.78, 5) is 39.5. The van der Waals surface area contributed by atoms with Gasteiger partial charge in [-0.15, -0.1) is 0 Å². The molecule has 1 saturated heterocycles. The summed E-state index contributed by atoms with van der Waals surface area (Å²) in [6.45, 7) is 4.30. The first kappa shape index (κ1) is 33.0. The van der Waals surface area contributed by atoms with Gasteiger partial charge < -0.3 is 19.6 Å². The van der Waals surface area contributed by atoms with Gasteiger partial charge in [0, 0.05) is 44.5 Å². The number of benzene rings is 2. The van der Waals surface area contributed by atoms with E-state index in [-0.39, 0.29) is 28.9 Å². The molecule has 8 rings (SSSR count). The number of hydrogen-bond donors (Lipinski definition) is 2. The SMILES string of the molecule is O=c1c2cc(F)cnc2n(-c2cccc(-c3ccc(O)cc3CN3CCCOCC3)c2)c(=O)n1C1CCC(NCc2ncc3ccccn23)CC1. The van der Waals surface area contributed by atoms with Gasteiger partial charge in [-0.2, -0.15) is 0 Å². The summed E-state index contributed by atoms with van der Waals surface area (Å²) >= 11 is 0. The number of pyridine rings is 2. The quantitative estimate of drug-likeness (QED) is 0.224. The fraction of sp³-hybridized carbons (Fsp3) is 0.333. The highest BCUT2D eigenvalue weighted by atomic mass is 19.1. The number of hydrogen-bond acceptors (Lipinski definition) is 8. The molecule has 2 fully saturated rings. The highest BCUT2D eigenvalue weighted by Crippen LogP contribution is 2.31. The van der Waals surface area contributed by atoms with Gasteiger partial charge >= 0.3 is 5.69 Å². The van der Waals surface area contributed by atoms with Crippen molar-refractivity contribution in [3.63, 3.8) is 0 Å². The molecule has 0 atom stereocenters. The van der Waals surface area contributed by atoms with E-state index in [1.54, 1.807) is 18.2 Å². The van der Waals surface area contributed by atoms with E-state index in [9.17, 15) is 19.1 Å². The van der Waals surface area contributed by atoms with Gasteiger partial charge in [-0.1, -0.05) is 24.3 Å². The predicted molar refractivity (Wildman–Crippen MR) is 193 cm³/mol. The Hall–Kier alpha value is -5.17. The van der Waals surface area contributed by atoms with Crippen LogP contribution in [-0.2, 0) is 17.8 Å². The molecule has 0 radical (unpaired) electrons. The molecule has 1 aliphatic heterocycles. The minimum atomic E-state index is -0.642. The summed E-state index contributed by atoms with van der Waals surface area (Å²) in [5.74, 6) is 0.461. The number of aromatic nitrogens is 5. The van der Waals surface area contributed by atoms with Crippen LogP contribution in [0.3, 0.4) is 0 Å². The number of nitrogens with zero attached hydrogens (tertiary/aromatic N) is 6. The summed E-state index contributed by atoms with van der Waals surface area (Å²) in [6.07, 6.45) is 8.58. The van der Waals surface area contributed by atoms with Crippen LogP contribution in [0, 0.1) is 5.82 Å². The lowest BCUT2D eigenvalue weighted by molar-refractivity contribution is 0.140. The minimum absolute atomic E-state index is 0.0557. The number of ether oxygens (including phenoxy) is 1. The van der Waals surface area contributed by atoms with Crippen LogP contribution in [0.15, 0.2) is 94.9 Å². The molecule has 5 heterocycles. The first-order valence-corrected chi connectivity index (χ1v) is 17.6. The van der Waals surface area contributed by atoms with Crippen LogP contribution in [0.2, 0.25) is 0 Å². The van der Waals surface area contributed by atoms with Gasteiger partial charge in [0.05, 0.1) is 42.1 Å². The molecule has 0 amide bonds. The van der Waals surface area contributed by atoms with Crippen molar-refractivity contribution < 1.29 is 14.2 Å². The number of phenols is 1. The second kappa shape index (κ2) is 14.2. The molecular weight excluding hydrogens is 649 g/mol. The molecule has 2 N–H and O–H groups in total. The zero-order chi connectivity index (χ0) is 34.9. The average Bonchev–Trinajstić information content (AvgIpc) is 3.38. The Morgan fingerprint density at radius 3 is 2.69 bits per heavy atom. The molecule has 12 heteroatoms. The summed E-state index contributed by atoms with van der Waals surface area (Å²) in [7, 11) is 0. The Bertz CT molecular complexity index is 2320. The lowest BCUT2D eigenvalue weighted by atomic mass is 9.91. The third-order valence-electron chi connectivity index (χ3n) is 10.2. The van der Waals surface area contributed by atoms with Crippen molar-refractivity contribution in [2.24, 2.45) is 0 Å². The highest BCUT2D eigenvalue weighted by molar-refractivity contribution is 5.77. The third kappa shape index (κ3) is 6.69. The predicted octanol–water partition coefficient (Wildman–Crippen LogP) is 5.20. The fourth-order valence-corrected chi connectivity index (χ4v) is 7.64. The normalized spacial score (nSPS) is 18.7. The van der Waals surface area contributed by atoms with Crippen LogP contribution < -0.4 is 16.6 Å². The largest absolute Gasteiger partial charge is 0.508 e. The van der Waals surface area contributed by atoms with Crippen molar-refractivity contribution >= 4 is 16.6 Å². The molecule has 51 heavy (non-hydrogen) atoms. The monoisotopic (exact) mass is 689 g/mol. The molecule has 0 bridgehead atoms. The Kier molecular flexibility index (Phi) is 9.20. The summed E-state index contributed by atoms with van der Waals surface area (Å²) < 4.78 is 25.0. The van der Waals surface area contributed by atoms with E-state index in [0.717, 1.165) is 73.2 Å². The van der Waals surface area contributed by atoms with Crippen molar-refractivity contribution in [2.45, 2.75) is 57.3 Å². The lowest BCUT2D eigenvalue weighted by Crippen LogP contribution is -2.44. The second-order valence-corrected chi connectivity index (χ2v) is 13.5. The zero-order valence-electron chi connectivity index (χ0n) is 28.2. The first-order valence-electron chi connectivity index (χ1n) is 17.6. The van der Waals surface area contributed by atoms with E-state index < -0.39 is 17.1 Å². The van der Waals surface area contributed by atoms with Gasteiger partial charge in [-0.25, -0.2) is 23.7 Å². The molecule has 262 valence electrons. The number of rotatable bonds is 8. The number of imidazole rings is 1. The van der Waals surface area contributed by atoms with Crippen molar-refractivity contribution in [3.05, 3.63) is 123 Å². The smallest absolute Gasteiger partial charge is 0.337 e. The second-order valence-electron chi connectivity index (χ2n) is 13.5. The van der Waals surface area contributed by atoms with Gasteiger partial charge in [-0.3, -0.25) is 14.3 Å². The molecule has 11 nitrogen and oxygen atoms in total. The van der Waals surface area contributed by atoms with Crippen molar-refractivity contribution in [1.82, 2.24) is 33.7 Å². The van der Waals surface area contributed by atoms with Crippen molar-refractivity contribution in [3.8, 4) is 22.6 Å². The maximum atomic E-state index is 14.6. The Balaban J connectivity index is 1.10. The van der Waals surface area contributed by atoms with E-state index in [0.29, 0.717) is 38.2 Å². The first-order chi connectivity index (χ1) is 24.9. The van der Waals surface area contributed by atoms with E-state index in [1.165, 1.54) is 15.2 Å². The highest BCUT2D eigenvalue weighted by Gasteiger charge is 2.27. The molecule has 1 aliphatic carbocycles. The molecular formula is C39H40FN7O4. The van der Waals surface area contributed by atoms with E-state index in [2.05, 4.69) is 24.6 Å². The van der Waals surface area contributed by atoms with Gasteiger partial charge in [0.15, 0.2) is 5.65 Å². The van der Waals surface area contributed by atoms with Crippen LogP contribution in [-0.4, -0.2) is 65.9 Å². The summed E-state index contributed by atoms with van der Waals surface area (Å²) in [6, 6.07) is 19.8. The maximum Gasteiger partial charge on any atom is 0.337 e. The number of halogens is 1. The van der Waals surface area contributed by atoms with Crippen LogP contribution in [0.4, 0.5) is 4.39 Å². The Labute approximate surface area is 293 Å². The summed E-state index contributed by atoms with van der Waals surface area (Å²) in [5.41, 5.74) is 3.33. The maximum absolute atomic E-state index is 14.6. The van der Waals surface area contributed by atoms with E-state index in [4.69, 9.17) is 4.74 Å². The molecule has 6 aromatic rings. The number of aromatic hydroxyl groups is 1. The van der Waals surface area contributed by atoms with Crippen LogP contribution in [0.25, 0.3) is 33.4 Å². The molecule has 0 spiro atoms. The fourth-order valence-electron chi connectivity index (χ4n) is 7.64. The molecule has 2 aliphatic rings. The minimum Gasteiger partial charge on any atom is -0.508 e. The zero-order valence-corrected chi connectivity index (χ0v) is 28.2. The topological polar surface area (TPSA) is 119 Å². The van der Waals surface area contributed by atoms with E-state index >= 15 is 0 Å². The number of phenolic OH excluding ortho intramolecular Hbond substituents is 1. The number of fused-ring (bicyclic) bond motifs is 2. The molecule has 2 aromatic carbocycles. The van der Waals surface area contributed by atoms with Gasteiger partial charge in [0.25, 0.3) is 5.56 Å². The van der Waals surface area contributed by atoms with Gasteiger partial charge in [0.2, 0.25) is 0 Å². The third-order valence-corrected chi connectivity index (χ3v) is 10.2.